The fraction of sp³-hybridized carbons (Fsp3) is 0.467. The van der Waals surface area contributed by atoms with E-state index in [0.717, 1.165) is 22.8 Å². The highest BCUT2D eigenvalue weighted by Crippen LogP contribution is 2.46. The van der Waals surface area contributed by atoms with Crippen LogP contribution in [0, 0.1) is 5.92 Å². The van der Waals surface area contributed by atoms with Crippen molar-refractivity contribution in [3.05, 3.63) is 27.7 Å². The molecule has 3 nitrogen and oxygen atoms in total. The summed E-state index contributed by atoms with van der Waals surface area (Å²) in [5.41, 5.74) is 1.10. The average Bonchev–Trinajstić information content (AvgIpc) is 2.76. The minimum Gasteiger partial charge on any atom is -0.391 e. The van der Waals surface area contributed by atoms with E-state index in [-0.39, 0.29) is 6.61 Å². The minimum absolute atomic E-state index is 0.0350. The first-order valence-electron chi connectivity index (χ1n) is 6.86. The van der Waals surface area contributed by atoms with Crippen molar-refractivity contribution in [1.82, 2.24) is 4.98 Å². The summed E-state index contributed by atoms with van der Waals surface area (Å²) in [5.74, 6) is 1.21. The molecule has 0 spiro atoms. The quantitative estimate of drug-likeness (QED) is 0.845. The summed E-state index contributed by atoms with van der Waals surface area (Å²) in [6, 6.07) is 6.56. The normalized spacial score (nSPS) is 24.1. The van der Waals surface area contributed by atoms with Crippen LogP contribution in [0.5, 0.6) is 0 Å². The van der Waals surface area contributed by atoms with Gasteiger partial charge < -0.3 is 5.11 Å². The second-order valence-corrected chi connectivity index (χ2v) is 7.33. The number of aliphatic hydroxyl groups is 1. The Balaban J connectivity index is 1.68. The maximum atomic E-state index is 8.76. The number of rotatable bonds is 4. The number of nitrogens with zero attached hydrogens (tertiary/aromatic N) is 2. The zero-order valence-electron chi connectivity index (χ0n) is 11.3. The molecule has 1 heterocycles. The zero-order chi connectivity index (χ0) is 14.1. The Morgan fingerprint density at radius 2 is 2.35 bits per heavy atom. The molecule has 3 rings (SSSR count). The Labute approximate surface area is 130 Å². The van der Waals surface area contributed by atoms with Gasteiger partial charge in [-0.1, -0.05) is 15.9 Å². The number of aromatic nitrogens is 1. The van der Waals surface area contributed by atoms with Gasteiger partial charge in [-0.25, -0.2) is 4.98 Å². The van der Waals surface area contributed by atoms with E-state index in [0.29, 0.717) is 17.9 Å². The first kappa shape index (κ1) is 14.2. The van der Waals surface area contributed by atoms with E-state index < -0.39 is 0 Å². The maximum absolute atomic E-state index is 8.76. The van der Waals surface area contributed by atoms with Crippen LogP contribution in [0.4, 0.5) is 0 Å². The van der Waals surface area contributed by atoms with Crippen LogP contribution in [0.15, 0.2) is 27.7 Å². The Bertz CT molecular complexity index is 634. The highest BCUT2D eigenvalue weighted by molar-refractivity contribution is 9.10. The van der Waals surface area contributed by atoms with Crippen LogP contribution in [-0.4, -0.2) is 29.0 Å². The van der Waals surface area contributed by atoms with E-state index in [1.807, 2.05) is 17.4 Å². The van der Waals surface area contributed by atoms with Crippen LogP contribution >= 0.6 is 27.3 Å². The monoisotopic (exact) mass is 352 g/mol. The maximum Gasteiger partial charge on any atom is 0.0969 e. The molecule has 0 aliphatic heterocycles. The van der Waals surface area contributed by atoms with Crippen LogP contribution in [0.3, 0.4) is 0 Å². The van der Waals surface area contributed by atoms with Crippen LogP contribution in [-0.2, 0) is 0 Å². The van der Waals surface area contributed by atoms with Crippen molar-refractivity contribution >= 4 is 43.7 Å². The standard InChI is InChI=1S/C15H17BrN2OS/c1-9(17-4-5-19)10-6-11(7-10)15-18-13-3-2-12(16)8-14(13)20-15/h2-4,8-11,19H,5-7H2,1H3. The topological polar surface area (TPSA) is 45.5 Å². The lowest BCUT2D eigenvalue weighted by atomic mass is 9.72. The van der Waals surface area contributed by atoms with Gasteiger partial charge in [0.05, 0.1) is 21.8 Å². The lowest BCUT2D eigenvalue weighted by molar-refractivity contribution is 0.230. The highest BCUT2D eigenvalue weighted by Gasteiger charge is 2.35. The van der Waals surface area contributed by atoms with Gasteiger partial charge in [-0.3, -0.25) is 4.99 Å². The third-order valence-electron chi connectivity index (χ3n) is 4.00. The lowest BCUT2D eigenvalue weighted by Crippen LogP contribution is -2.29. The fourth-order valence-corrected chi connectivity index (χ4v) is 4.33. The summed E-state index contributed by atoms with van der Waals surface area (Å²) in [4.78, 5) is 9.10. The molecule has 1 unspecified atom stereocenters. The first-order chi connectivity index (χ1) is 9.67. The lowest BCUT2D eigenvalue weighted by Gasteiger charge is -2.36. The van der Waals surface area contributed by atoms with Gasteiger partial charge in [-0.2, -0.15) is 0 Å². The van der Waals surface area contributed by atoms with Gasteiger partial charge in [0.25, 0.3) is 0 Å². The van der Waals surface area contributed by atoms with E-state index in [2.05, 4.69) is 40.0 Å². The number of benzene rings is 1. The van der Waals surface area contributed by atoms with Gasteiger partial charge in [0.15, 0.2) is 0 Å². The molecular weight excluding hydrogens is 336 g/mol. The predicted molar refractivity (Wildman–Crippen MR) is 87.8 cm³/mol. The van der Waals surface area contributed by atoms with Crippen LogP contribution in [0.2, 0.25) is 0 Å². The van der Waals surface area contributed by atoms with E-state index in [1.54, 1.807) is 6.21 Å². The molecule has 20 heavy (non-hydrogen) atoms. The van der Waals surface area contributed by atoms with Gasteiger partial charge in [0.1, 0.15) is 0 Å². The van der Waals surface area contributed by atoms with Crippen molar-refractivity contribution < 1.29 is 5.11 Å². The predicted octanol–water partition coefficient (Wildman–Crippen LogP) is 4.00. The molecular formula is C15H17BrN2OS. The largest absolute Gasteiger partial charge is 0.391 e. The Kier molecular flexibility index (Phi) is 4.19. The second-order valence-electron chi connectivity index (χ2n) is 5.35. The van der Waals surface area contributed by atoms with E-state index in [1.165, 1.54) is 9.71 Å². The molecule has 1 atom stereocenters. The third-order valence-corrected chi connectivity index (χ3v) is 5.67. The van der Waals surface area contributed by atoms with Crippen molar-refractivity contribution in [3.8, 4) is 0 Å². The van der Waals surface area contributed by atoms with Crippen molar-refractivity contribution in [3.63, 3.8) is 0 Å². The van der Waals surface area contributed by atoms with Crippen LogP contribution in [0.25, 0.3) is 10.2 Å². The number of aliphatic hydroxyl groups excluding tert-OH is 1. The molecule has 1 fully saturated rings. The Morgan fingerprint density at radius 1 is 1.55 bits per heavy atom. The minimum atomic E-state index is 0.0350. The Hall–Kier alpha value is -0.780. The van der Waals surface area contributed by atoms with E-state index >= 15 is 0 Å². The third kappa shape index (κ3) is 2.80. The highest BCUT2D eigenvalue weighted by atomic mass is 79.9. The number of fused-ring (bicyclic) bond motifs is 1. The summed E-state index contributed by atoms with van der Waals surface area (Å²) >= 11 is 5.31. The molecule has 1 aromatic carbocycles. The van der Waals surface area contributed by atoms with Crippen LogP contribution in [0.1, 0.15) is 30.7 Å². The number of halogens is 1. The average molecular weight is 353 g/mol. The summed E-state index contributed by atoms with van der Waals surface area (Å²) in [6.45, 7) is 2.16. The summed E-state index contributed by atoms with van der Waals surface area (Å²) < 4.78 is 2.36. The summed E-state index contributed by atoms with van der Waals surface area (Å²) in [5, 5.41) is 10.0. The van der Waals surface area contributed by atoms with Gasteiger partial charge in [0.2, 0.25) is 0 Å². The molecule has 2 aromatic rings. The van der Waals surface area contributed by atoms with E-state index in [9.17, 15) is 0 Å². The molecule has 1 aliphatic carbocycles. The number of aliphatic imine (C=N–C) groups is 1. The smallest absolute Gasteiger partial charge is 0.0969 e. The SMILES string of the molecule is CC(N=CCO)C1CC(c2nc3ccc(Br)cc3s2)C1. The molecule has 0 radical (unpaired) electrons. The molecule has 0 amide bonds. The summed E-state index contributed by atoms with van der Waals surface area (Å²) in [7, 11) is 0. The summed E-state index contributed by atoms with van der Waals surface area (Å²) in [6.07, 6.45) is 3.92. The van der Waals surface area contributed by atoms with Gasteiger partial charge >= 0.3 is 0 Å². The molecule has 106 valence electrons. The first-order valence-corrected chi connectivity index (χ1v) is 8.47. The molecule has 0 bridgehead atoms. The van der Waals surface area contributed by atoms with E-state index in [4.69, 9.17) is 10.1 Å². The van der Waals surface area contributed by atoms with Gasteiger partial charge in [-0.05, 0) is 43.9 Å². The number of hydrogen-bond donors (Lipinski definition) is 1. The van der Waals surface area contributed by atoms with Crippen molar-refractivity contribution in [1.29, 1.82) is 0 Å². The van der Waals surface area contributed by atoms with Crippen molar-refractivity contribution in [2.75, 3.05) is 6.61 Å². The molecule has 1 saturated carbocycles. The molecule has 5 heteroatoms. The number of thiazole rings is 1. The molecule has 1 aromatic heterocycles. The molecule has 0 saturated heterocycles. The molecule has 1 N–H and O–H groups in total. The zero-order valence-corrected chi connectivity index (χ0v) is 13.7. The van der Waals surface area contributed by atoms with Gasteiger partial charge in [-0.15, -0.1) is 11.3 Å². The van der Waals surface area contributed by atoms with Crippen molar-refractivity contribution in [2.24, 2.45) is 10.9 Å². The Morgan fingerprint density at radius 3 is 3.10 bits per heavy atom. The number of hydrogen-bond acceptors (Lipinski definition) is 4. The van der Waals surface area contributed by atoms with Crippen molar-refractivity contribution in [2.45, 2.75) is 31.7 Å². The van der Waals surface area contributed by atoms with Crippen LogP contribution < -0.4 is 0 Å². The van der Waals surface area contributed by atoms with Gasteiger partial charge in [0, 0.05) is 22.6 Å². The molecule has 1 aliphatic rings. The fourth-order valence-electron chi connectivity index (χ4n) is 2.68. The second kappa shape index (κ2) is 5.92.